The van der Waals surface area contributed by atoms with Crippen LogP contribution in [0.25, 0.3) is 0 Å². The van der Waals surface area contributed by atoms with Gasteiger partial charge in [-0.25, -0.2) is 0 Å². The molecule has 2 aromatic carbocycles. The zero-order valence-corrected chi connectivity index (χ0v) is 16.0. The lowest BCUT2D eigenvalue weighted by atomic mass is 9.91. The molecule has 128 valence electrons. The van der Waals surface area contributed by atoms with E-state index in [0.29, 0.717) is 12.5 Å². The molecule has 1 heterocycles. The van der Waals surface area contributed by atoms with Crippen molar-refractivity contribution in [3.8, 4) is 0 Å². The van der Waals surface area contributed by atoms with Crippen LogP contribution in [0.15, 0.2) is 65.7 Å². The number of hydrogen-bond donors (Lipinski definition) is 1. The minimum Gasteiger partial charge on any atom is -0.378 e. The number of morpholine rings is 1. The van der Waals surface area contributed by atoms with E-state index in [4.69, 9.17) is 10.5 Å². The minimum absolute atomic E-state index is 0. The molecule has 0 saturated carbocycles. The van der Waals surface area contributed by atoms with E-state index in [9.17, 15) is 0 Å². The van der Waals surface area contributed by atoms with Crippen LogP contribution in [0.2, 0.25) is 0 Å². The second-order valence-corrected chi connectivity index (χ2v) is 5.67. The molecule has 1 aliphatic rings. The molecular weight excluding hydrogens is 413 g/mol. The molecule has 1 aliphatic heterocycles. The largest absolute Gasteiger partial charge is 0.378 e. The van der Waals surface area contributed by atoms with Gasteiger partial charge in [0.25, 0.3) is 0 Å². The number of hydrogen-bond acceptors (Lipinski definition) is 2. The van der Waals surface area contributed by atoms with Gasteiger partial charge in [-0.15, -0.1) is 24.0 Å². The van der Waals surface area contributed by atoms with Crippen LogP contribution in [0.5, 0.6) is 0 Å². The van der Waals surface area contributed by atoms with Gasteiger partial charge in [-0.2, -0.15) is 0 Å². The van der Waals surface area contributed by atoms with Crippen molar-refractivity contribution in [2.24, 2.45) is 10.7 Å². The average Bonchev–Trinajstić information content (AvgIpc) is 2.64. The SMILES string of the molecule is I.NC(=NCC(c1ccccc1)c1ccccc1)N1CCOCC1. The maximum absolute atomic E-state index is 6.17. The van der Waals surface area contributed by atoms with Crippen LogP contribution in [0.1, 0.15) is 17.0 Å². The fraction of sp³-hybridized carbons (Fsp3) is 0.316. The lowest BCUT2D eigenvalue weighted by Gasteiger charge is -2.28. The Bertz CT molecular complexity index is 588. The van der Waals surface area contributed by atoms with Crippen LogP contribution >= 0.6 is 24.0 Å². The first-order valence-electron chi connectivity index (χ1n) is 8.07. The monoisotopic (exact) mass is 437 g/mol. The van der Waals surface area contributed by atoms with Crippen LogP contribution in [0.4, 0.5) is 0 Å². The van der Waals surface area contributed by atoms with Crippen LogP contribution < -0.4 is 5.73 Å². The van der Waals surface area contributed by atoms with Crippen LogP contribution in [-0.4, -0.2) is 43.7 Å². The zero-order chi connectivity index (χ0) is 15.9. The maximum Gasteiger partial charge on any atom is 0.191 e. The van der Waals surface area contributed by atoms with Gasteiger partial charge in [0.15, 0.2) is 5.96 Å². The van der Waals surface area contributed by atoms with Gasteiger partial charge < -0.3 is 15.4 Å². The Balaban J connectivity index is 0.00000208. The molecule has 4 nitrogen and oxygen atoms in total. The number of benzene rings is 2. The lowest BCUT2D eigenvalue weighted by Crippen LogP contribution is -2.45. The Morgan fingerprint density at radius 3 is 1.96 bits per heavy atom. The van der Waals surface area contributed by atoms with E-state index in [1.54, 1.807) is 0 Å². The molecule has 0 spiro atoms. The van der Waals surface area contributed by atoms with E-state index in [-0.39, 0.29) is 29.9 Å². The molecule has 0 aromatic heterocycles. The smallest absolute Gasteiger partial charge is 0.191 e. The van der Waals surface area contributed by atoms with Gasteiger partial charge in [-0.3, -0.25) is 4.99 Å². The molecule has 1 saturated heterocycles. The Morgan fingerprint density at radius 2 is 1.46 bits per heavy atom. The number of halogens is 1. The number of aliphatic imine (C=N–C) groups is 1. The van der Waals surface area contributed by atoms with Crippen molar-refractivity contribution in [3.05, 3.63) is 71.8 Å². The Kier molecular flexibility index (Phi) is 7.52. The number of nitrogens with two attached hydrogens (primary N) is 1. The quantitative estimate of drug-likeness (QED) is 0.455. The normalized spacial score (nSPS) is 15.2. The summed E-state index contributed by atoms with van der Waals surface area (Å²) in [5.41, 5.74) is 8.70. The average molecular weight is 437 g/mol. The van der Waals surface area contributed by atoms with Gasteiger partial charge in [0.1, 0.15) is 0 Å². The topological polar surface area (TPSA) is 50.8 Å². The van der Waals surface area contributed by atoms with E-state index in [1.807, 2.05) is 12.1 Å². The predicted molar refractivity (Wildman–Crippen MR) is 109 cm³/mol. The van der Waals surface area contributed by atoms with Gasteiger partial charge in [0.05, 0.1) is 19.8 Å². The second kappa shape index (κ2) is 9.64. The standard InChI is InChI=1S/C19H23N3O.HI/c20-19(22-11-13-23-14-12-22)21-15-18(16-7-3-1-4-8-16)17-9-5-2-6-10-17;/h1-10,18H,11-15H2,(H2,20,21);1H. The Labute approximate surface area is 160 Å². The molecule has 2 aromatic rings. The minimum atomic E-state index is 0. The summed E-state index contributed by atoms with van der Waals surface area (Å²) in [5, 5.41) is 0. The highest BCUT2D eigenvalue weighted by Gasteiger charge is 2.16. The van der Waals surface area contributed by atoms with Gasteiger partial charge in [0.2, 0.25) is 0 Å². The van der Waals surface area contributed by atoms with Crippen molar-refractivity contribution in [2.45, 2.75) is 5.92 Å². The van der Waals surface area contributed by atoms with E-state index < -0.39 is 0 Å². The molecule has 5 heteroatoms. The van der Waals surface area contributed by atoms with Crippen molar-refractivity contribution in [2.75, 3.05) is 32.8 Å². The molecule has 0 aliphatic carbocycles. The van der Waals surface area contributed by atoms with E-state index in [1.165, 1.54) is 11.1 Å². The number of rotatable bonds is 4. The van der Waals surface area contributed by atoms with Crippen molar-refractivity contribution in [1.29, 1.82) is 0 Å². The van der Waals surface area contributed by atoms with Crippen molar-refractivity contribution < 1.29 is 4.74 Å². The maximum atomic E-state index is 6.17. The van der Waals surface area contributed by atoms with E-state index in [0.717, 1.165) is 26.3 Å². The molecule has 0 atom stereocenters. The fourth-order valence-corrected chi connectivity index (χ4v) is 2.85. The molecule has 24 heavy (non-hydrogen) atoms. The molecule has 0 bridgehead atoms. The predicted octanol–water partition coefficient (Wildman–Crippen LogP) is 3.08. The third kappa shape index (κ3) is 4.95. The molecule has 2 N–H and O–H groups in total. The van der Waals surface area contributed by atoms with E-state index >= 15 is 0 Å². The van der Waals surface area contributed by atoms with Gasteiger partial charge >= 0.3 is 0 Å². The summed E-state index contributed by atoms with van der Waals surface area (Å²) >= 11 is 0. The second-order valence-electron chi connectivity index (χ2n) is 5.67. The van der Waals surface area contributed by atoms with Crippen LogP contribution in [0, 0.1) is 0 Å². The molecule has 1 fully saturated rings. The molecule has 0 radical (unpaired) electrons. The van der Waals surface area contributed by atoms with Crippen LogP contribution in [0.3, 0.4) is 0 Å². The zero-order valence-electron chi connectivity index (χ0n) is 13.7. The highest BCUT2D eigenvalue weighted by atomic mass is 127. The first-order valence-corrected chi connectivity index (χ1v) is 8.07. The van der Waals surface area contributed by atoms with Gasteiger partial charge in [0, 0.05) is 19.0 Å². The van der Waals surface area contributed by atoms with Crippen molar-refractivity contribution in [3.63, 3.8) is 0 Å². The third-order valence-electron chi connectivity index (χ3n) is 4.17. The third-order valence-corrected chi connectivity index (χ3v) is 4.17. The lowest BCUT2D eigenvalue weighted by molar-refractivity contribution is 0.0674. The van der Waals surface area contributed by atoms with Gasteiger partial charge in [-0.05, 0) is 11.1 Å². The summed E-state index contributed by atoms with van der Waals surface area (Å²) in [6.45, 7) is 3.72. The first kappa shape index (κ1) is 18.7. The first-order chi connectivity index (χ1) is 11.3. The summed E-state index contributed by atoms with van der Waals surface area (Å²) in [6.07, 6.45) is 0. The Morgan fingerprint density at radius 1 is 0.958 bits per heavy atom. The molecule has 0 unspecified atom stereocenters. The Hall–Kier alpha value is -1.60. The molecule has 0 amide bonds. The van der Waals surface area contributed by atoms with Gasteiger partial charge in [-0.1, -0.05) is 60.7 Å². The summed E-state index contributed by atoms with van der Waals surface area (Å²) in [4.78, 5) is 6.76. The van der Waals surface area contributed by atoms with Crippen molar-refractivity contribution in [1.82, 2.24) is 4.90 Å². The summed E-state index contributed by atoms with van der Waals surface area (Å²) in [5.74, 6) is 0.835. The highest BCUT2D eigenvalue weighted by Crippen LogP contribution is 2.24. The van der Waals surface area contributed by atoms with E-state index in [2.05, 4.69) is 58.4 Å². The molecular formula is C19H24IN3O. The number of guanidine groups is 1. The molecule has 3 rings (SSSR count). The summed E-state index contributed by atoms with van der Waals surface area (Å²) < 4.78 is 5.36. The fourth-order valence-electron chi connectivity index (χ4n) is 2.85. The van der Waals surface area contributed by atoms with Crippen LogP contribution in [-0.2, 0) is 4.74 Å². The summed E-state index contributed by atoms with van der Waals surface area (Å²) in [7, 11) is 0. The summed E-state index contributed by atoms with van der Waals surface area (Å²) in [6, 6.07) is 21.0. The van der Waals surface area contributed by atoms with Crippen molar-refractivity contribution >= 4 is 29.9 Å². The number of ether oxygens (including phenoxy) is 1. The highest BCUT2D eigenvalue weighted by molar-refractivity contribution is 14.0. The number of nitrogens with zero attached hydrogens (tertiary/aromatic N) is 2.